The Morgan fingerprint density at radius 3 is 1.48 bits per heavy atom. The van der Waals surface area contributed by atoms with Crippen molar-refractivity contribution < 1.29 is 9.59 Å². The summed E-state index contributed by atoms with van der Waals surface area (Å²) in [7, 11) is 0. The van der Waals surface area contributed by atoms with E-state index in [2.05, 4.69) is 12.2 Å². The van der Waals surface area contributed by atoms with E-state index in [-0.39, 0.29) is 11.8 Å². The molecule has 0 unspecified atom stereocenters. The zero-order valence-corrected chi connectivity index (χ0v) is 20.6. The Morgan fingerprint density at radius 1 is 0.645 bits per heavy atom. The van der Waals surface area contributed by atoms with E-state index in [0.717, 1.165) is 25.7 Å². The van der Waals surface area contributed by atoms with Crippen molar-refractivity contribution in [3.63, 3.8) is 0 Å². The van der Waals surface area contributed by atoms with Crippen LogP contribution in [0.4, 0.5) is 0 Å². The van der Waals surface area contributed by atoms with Crippen molar-refractivity contribution in [2.75, 3.05) is 6.54 Å². The second kappa shape index (κ2) is 23.7. The van der Waals surface area contributed by atoms with Gasteiger partial charge in [-0.1, -0.05) is 116 Å². The van der Waals surface area contributed by atoms with Crippen molar-refractivity contribution in [2.45, 2.75) is 148 Å². The molecule has 5 heteroatoms. The minimum absolute atomic E-state index is 0.194. The minimum atomic E-state index is -0.606. The lowest BCUT2D eigenvalue weighted by molar-refractivity contribution is -0.131. The maximum absolute atomic E-state index is 11.8. The summed E-state index contributed by atoms with van der Waals surface area (Å²) in [6.07, 6.45) is 25.1. The molecular formula is C26H53N3O2. The van der Waals surface area contributed by atoms with Crippen LogP contribution in [0.3, 0.4) is 0 Å². The molecule has 0 heterocycles. The summed E-state index contributed by atoms with van der Waals surface area (Å²) in [5.41, 5.74) is 11.2. The number of imide groups is 1. The van der Waals surface area contributed by atoms with Crippen LogP contribution in [0, 0.1) is 0 Å². The van der Waals surface area contributed by atoms with E-state index in [1.807, 2.05) is 0 Å². The third kappa shape index (κ3) is 22.1. The summed E-state index contributed by atoms with van der Waals surface area (Å²) in [6.45, 7) is 2.88. The van der Waals surface area contributed by atoms with Crippen LogP contribution in [-0.4, -0.2) is 24.4 Å². The predicted molar refractivity (Wildman–Crippen MR) is 133 cm³/mol. The fourth-order valence-electron chi connectivity index (χ4n) is 3.94. The summed E-state index contributed by atoms with van der Waals surface area (Å²) in [5.74, 6) is -0.547. The van der Waals surface area contributed by atoms with E-state index in [1.54, 1.807) is 0 Å². The molecule has 0 rings (SSSR count). The molecule has 0 aromatic rings. The van der Waals surface area contributed by atoms with Crippen LogP contribution < -0.4 is 16.8 Å². The number of nitrogens with one attached hydrogen (secondary N) is 1. The Hall–Kier alpha value is -0.940. The van der Waals surface area contributed by atoms with Crippen LogP contribution in [0.15, 0.2) is 0 Å². The van der Waals surface area contributed by atoms with Gasteiger partial charge in [0.2, 0.25) is 11.8 Å². The maximum Gasteiger partial charge on any atom is 0.243 e. The van der Waals surface area contributed by atoms with Crippen LogP contribution >= 0.6 is 0 Å². The number of unbranched alkanes of at least 4 members (excludes halogenated alkanes) is 17. The Morgan fingerprint density at radius 2 is 1.06 bits per heavy atom. The van der Waals surface area contributed by atoms with Crippen molar-refractivity contribution in [1.82, 2.24) is 5.32 Å². The van der Waals surface area contributed by atoms with Gasteiger partial charge in [0.1, 0.15) is 0 Å². The van der Waals surface area contributed by atoms with Gasteiger partial charge in [0.15, 0.2) is 0 Å². The maximum atomic E-state index is 11.8. The van der Waals surface area contributed by atoms with E-state index < -0.39 is 6.04 Å². The van der Waals surface area contributed by atoms with Gasteiger partial charge in [0.25, 0.3) is 0 Å². The zero-order valence-electron chi connectivity index (χ0n) is 20.6. The molecule has 0 aromatic carbocycles. The summed E-state index contributed by atoms with van der Waals surface area (Å²) in [5, 5.41) is 2.43. The van der Waals surface area contributed by atoms with Gasteiger partial charge in [0.05, 0.1) is 6.04 Å². The predicted octanol–water partition coefficient (Wildman–Crippen LogP) is 6.13. The molecule has 0 aliphatic carbocycles. The summed E-state index contributed by atoms with van der Waals surface area (Å²) >= 11 is 0. The third-order valence-corrected chi connectivity index (χ3v) is 6.08. The number of amides is 2. The van der Waals surface area contributed by atoms with Crippen molar-refractivity contribution in [3.05, 3.63) is 0 Å². The summed E-state index contributed by atoms with van der Waals surface area (Å²) in [6, 6.07) is -0.606. The first kappa shape index (κ1) is 30.1. The molecule has 0 aliphatic heterocycles. The molecule has 1 atom stereocenters. The average Bonchev–Trinajstić information content (AvgIpc) is 2.75. The van der Waals surface area contributed by atoms with Gasteiger partial charge in [-0.15, -0.1) is 0 Å². The molecular weight excluding hydrogens is 386 g/mol. The second-order valence-electron chi connectivity index (χ2n) is 9.21. The van der Waals surface area contributed by atoms with Crippen molar-refractivity contribution in [2.24, 2.45) is 11.5 Å². The number of carbonyl (C=O) groups is 2. The van der Waals surface area contributed by atoms with Crippen LogP contribution in [0.5, 0.6) is 0 Å². The molecule has 0 aromatic heterocycles. The normalized spacial score (nSPS) is 12.1. The Bertz CT molecular complexity index is 415. The highest BCUT2D eigenvalue weighted by molar-refractivity contribution is 5.97. The van der Waals surface area contributed by atoms with Gasteiger partial charge < -0.3 is 11.5 Å². The van der Waals surface area contributed by atoms with E-state index in [9.17, 15) is 9.59 Å². The van der Waals surface area contributed by atoms with Gasteiger partial charge in [-0.2, -0.15) is 0 Å². The van der Waals surface area contributed by atoms with Crippen molar-refractivity contribution in [1.29, 1.82) is 0 Å². The quantitative estimate of drug-likeness (QED) is 0.167. The number of nitrogens with two attached hydrogens (primary N) is 2. The smallest absolute Gasteiger partial charge is 0.243 e. The molecule has 0 aliphatic rings. The second-order valence-corrected chi connectivity index (χ2v) is 9.21. The summed E-state index contributed by atoms with van der Waals surface area (Å²) in [4.78, 5) is 23.7. The van der Waals surface area contributed by atoms with Gasteiger partial charge in [-0.05, 0) is 25.8 Å². The van der Waals surface area contributed by atoms with Gasteiger partial charge >= 0.3 is 0 Å². The Labute approximate surface area is 192 Å². The number of hydrogen-bond donors (Lipinski definition) is 3. The Balaban J connectivity index is 3.31. The molecule has 5 N–H and O–H groups in total. The first-order valence-electron chi connectivity index (χ1n) is 13.4. The molecule has 0 saturated heterocycles. The largest absolute Gasteiger partial charge is 0.330 e. The van der Waals surface area contributed by atoms with Crippen LogP contribution in [0.2, 0.25) is 0 Å². The fraction of sp³-hybridized carbons (Fsp3) is 0.923. The van der Waals surface area contributed by atoms with E-state index >= 15 is 0 Å². The highest BCUT2D eigenvalue weighted by Crippen LogP contribution is 2.14. The lowest BCUT2D eigenvalue weighted by Gasteiger charge is -2.11. The first-order chi connectivity index (χ1) is 15.1. The average molecular weight is 440 g/mol. The van der Waals surface area contributed by atoms with Gasteiger partial charge in [-0.3, -0.25) is 14.9 Å². The topological polar surface area (TPSA) is 98.2 Å². The van der Waals surface area contributed by atoms with E-state index in [4.69, 9.17) is 11.5 Å². The Kier molecular flexibility index (Phi) is 23.0. The van der Waals surface area contributed by atoms with Gasteiger partial charge in [-0.25, -0.2) is 0 Å². The zero-order chi connectivity index (χ0) is 23.0. The lowest BCUT2D eigenvalue weighted by atomic mass is 10.0. The molecule has 0 bridgehead atoms. The third-order valence-electron chi connectivity index (χ3n) is 6.08. The molecule has 0 fully saturated rings. The monoisotopic (exact) mass is 439 g/mol. The molecule has 184 valence electrons. The standard InChI is InChI=1S/C26H53N3O2/c1-2-3-4-5-6-7-8-9-10-11-12-13-14-15-16-17-18-22-25(30)29-26(31)24(28)21-19-20-23-27/h24H,2-23,27-28H2,1H3,(H,29,30,31)/t24-/m0/s1. The minimum Gasteiger partial charge on any atom is -0.330 e. The van der Waals surface area contributed by atoms with Crippen molar-refractivity contribution >= 4 is 11.8 Å². The SMILES string of the molecule is CCCCCCCCCCCCCCCCCCCC(=O)NC(=O)[C@@H](N)CCCCN. The number of hydrogen-bond acceptors (Lipinski definition) is 4. The van der Waals surface area contributed by atoms with Crippen LogP contribution in [0.25, 0.3) is 0 Å². The molecule has 2 amide bonds. The molecule has 0 spiro atoms. The number of rotatable bonds is 23. The fourth-order valence-corrected chi connectivity index (χ4v) is 3.94. The van der Waals surface area contributed by atoms with Gasteiger partial charge in [0, 0.05) is 6.42 Å². The van der Waals surface area contributed by atoms with Crippen LogP contribution in [0.1, 0.15) is 142 Å². The highest BCUT2D eigenvalue weighted by Gasteiger charge is 2.15. The molecule has 0 radical (unpaired) electrons. The van der Waals surface area contributed by atoms with Crippen molar-refractivity contribution in [3.8, 4) is 0 Å². The molecule has 31 heavy (non-hydrogen) atoms. The highest BCUT2D eigenvalue weighted by atomic mass is 16.2. The van der Waals surface area contributed by atoms with E-state index in [0.29, 0.717) is 19.4 Å². The number of carbonyl (C=O) groups excluding carboxylic acids is 2. The lowest BCUT2D eigenvalue weighted by Crippen LogP contribution is -2.43. The van der Waals surface area contributed by atoms with Crippen LogP contribution in [-0.2, 0) is 9.59 Å². The first-order valence-corrected chi connectivity index (χ1v) is 13.4. The summed E-state index contributed by atoms with van der Waals surface area (Å²) < 4.78 is 0. The molecule has 0 saturated carbocycles. The van der Waals surface area contributed by atoms with E-state index in [1.165, 1.54) is 96.3 Å². The molecule has 5 nitrogen and oxygen atoms in total.